The van der Waals surface area contributed by atoms with Crippen LogP contribution < -0.4 is 10.6 Å². The van der Waals surface area contributed by atoms with Crippen LogP contribution in [0.25, 0.3) is 32.9 Å². The van der Waals surface area contributed by atoms with E-state index in [1.165, 1.54) is 0 Å². The van der Waals surface area contributed by atoms with Gasteiger partial charge in [-0.25, -0.2) is 4.98 Å². The summed E-state index contributed by atoms with van der Waals surface area (Å²) < 4.78 is 0. The summed E-state index contributed by atoms with van der Waals surface area (Å²) in [7, 11) is 0. The second kappa shape index (κ2) is 7.63. The molecule has 1 unspecified atom stereocenters. The fourth-order valence-electron chi connectivity index (χ4n) is 4.08. The summed E-state index contributed by atoms with van der Waals surface area (Å²) in [5.74, 6) is -0.323. The number of benzene rings is 2. The zero-order chi connectivity index (χ0) is 20.5. The van der Waals surface area contributed by atoms with E-state index in [2.05, 4.69) is 32.7 Å². The predicted octanol–water partition coefficient (Wildman–Crippen LogP) is 3.78. The van der Waals surface area contributed by atoms with Gasteiger partial charge in [0.25, 0.3) is 5.91 Å². The van der Waals surface area contributed by atoms with E-state index in [1.807, 2.05) is 48.8 Å². The Balaban J connectivity index is 1.46. The Morgan fingerprint density at radius 3 is 2.93 bits per heavy atom. The van der Waals surface area contributed by atoms with E-state index in [4.69, 9.17) is 0 Å². The number of amides is 2. The third-order valence-electron chi connectivity index (χ3n) is 5.69. The van der Waals surface area contributed by atoms with Crippen LogP contribution in [-0.2, 0) is 4.79 Å². The molecule has 30 heavy (non-hydrogen) atoms. The molecule has 1 saturated heterocycles. The van der Waals surface area contributed by atoms with Crippen LogP contribution >= 0.6 is 0 Å². The Labute approximate surface area is 173 Å². The van der Waals surface area contributed by atoms with Crippen LogP contribution in [0.4, 0.5) is 0 Å². The first-order valence-corrected chi connectivity index (χ1v) is 10.2. The lowest BCUT2D eigenvalue weighted by Crippen LogP contribution is -2.45. The van der Waals surface area contributed by atoms with Crippen LogP contribution in [0.1, 0.15) is 29.6 Å². The van der Waals surface area contributed by atoms with Gasteiger partial charge >= 0.3 is 0 Å². The van der Waals surface area contributed by atoms with E-state index in [0.717, 1.165) is 45.8 Å². The largest absolute Gasteiger partial charge is 0.354 e. The minimum atomic E-state index is -0.471. The van der Waals surface area contributed by atoms with Crippen LogP contribution in [0.5, 0.6) is 0 Å². The van der Waals surface area contributed by atoms with Crippen molar-refractivity contribution in [2.45, 2.75) is 25.3 Å². The van der Waals surface area contributed by atoms with E-state index in [9.17, 15) is 9.59 Å². The molecule has 0 bridgehead atoms. The first kappa shape index (κ1) is 18.4. The summed E-state index contributed by atoms with van der Waals surface area (Å²) in [6.45, 7) is 0.674. The quantitative estimate of drug-likeness (QED) is 0.491. The summed E-state index contributed by atoms with van der Waals surface area (Å²) in [5, 5.41) is 8.83. The average molecular weight is 398 g/mol. The zero-order valence-electron chi connectivity index (χ0n) is 16.4. The van der Waals surface area contributed by atoms with Gasteiger partial charge in [-0.3, -0.25) is 9.59 Å². The third-order valence-corrected chi connectivity index (χ3v) is 5.69. The topological polar surface area (TPSA) is 86.9 Å². The summed E-state index contributed by atoms with van der Waals surface area (Å²) in [6, 6.07) is 15.4. The molecule has 0 saturated carbocycles. The van der Waals surface area contributed by atoms with Gasteiger partial charge in [0, 0.05) is 35.5 Å². The molecule has 3 heterocycles. The highest BCUT2D eigenvalue weighted by Gasteiger charge is 2.23. The molecule has 1 fully saturated rings. The van der Waals surface area contributed by atoms with E-state index < -0.39 is 6.04 Å². The Bertz CT molecular complexity index is 1260. The number of fused-ring (bicyclic) bond motifs is 2. The van der Waals surface area contributed by atoms with Gasteiger partial charge in [0.1, 0.15) is 11.7 Å². The number of carbonyl (C=O) groups excluding carboxylic acids is 2. The second-order valence-corrected chi connectivity index (χ2v) is 7.69. The highest BCUT2D eigenvalue weighted by Crippen LogP contribution is 2.30. The molecular formula is C24H22N4O2. The standard InChI is InChI=1S/C24H22N4O2/c29-23(28-21-6-1-2-10-26-24(21)30)17-7-8-20-15(12-17)4-3-5-19(20)18-13-16-9-11-25-22(16)27-14-18/h3-5,7-9,11-14,21H,1-2,6,10H2,(H,25,27)(H,26,30)(H,28,29). The SMILES string of the molecule is O=C(NC1CCCCNC1=O)c1ccc2c(-c3cnc4[nH]ccc4c3)cccc2c1. The summed E-state index contributed by atoms with van der Waals surface area (Å²) in [6.07, 6.45) is 6.28. The predicted molar refractivity (Wildman–Crippen MR) is 117 cm³/mol. The molecule has 6 nitrogen and oxygen atoms in total. The van der Waals surface area contributed by atoms with E-state index in [0.29, 0.717) is 18.5 Å². The smallest absolute Gasteiger partial charge is 0.251 e. The molecule has 5 rings (SSSR count). The van der Waals surface area contributed by atoms with Gasteiger partial charge < -0.3 is 15.6 Å². The van der Waals surface area contributed by atoms with Crippen LogP contribution in [0, 0.1) is 0 Å². The number of rotatable bonds is 3. The van der Waals surface area contributed by atoms with Crippen molar-refractivity contribution in [3.63, 3.8) is 0 Å². The molecule has 2 aromatic heterocycles. The molecule has 1 aliphatic rings. The molecular weight excluding hydrogens is 376 g/mol. The van der Waals surface area contributed by atoms with Crippen LogP contribution in [-0.4, -0.2) is 34.4 Å². The fraction of sp³-hybridized carbons (Fsp3) is 0.208. The lowest BCUT2D eigenvalue weighted by Gasteiger charge is -2.15. The normalized spacial score (nSPS) is 16.9. The maximum Gasteiger partial charge on any atom is 0.251 e. The molecule has 1 atom stereocenters. The molecule has 6 heteroatoms. The van der Waals surface area contributed by atoms with Gasteiger partial charge in [0.05, 0.1) is 0 Å². The molecule has 2 aromatic carbocycles. The lowest BCUT2D eigenvalue weighted by atomic mass is 9.97. The monoisotopic (exact) mass is 398 g/mol. The van der Waals surface area contributed by atoms with Gasteiger partial charge in [0.2, 0.25) is 5.91 Å². The van der Waals surface area contributed by atoms with Crippen molar-refractivity contribution in [1.82, 2.24) is 20.6 Å². The van der Waals surface area contributed by atoms with Crippen molar-refractivity contribution in [2.75, 3.05) is 6.54 Å². The molecule has 3 N–H and O–H groups in total. The first-order valence-electron chi connectivity index (χ1n) is 10.2. The van der Waals surface area contributed by atoms with Crippen molar-refractivity contribution in [1.29, 1.82) is 0 Å². The Kier molecular flexibility index (Phi) is 4.67. The average Bonchev–Trinajstić information content (AvgIpc) is 3.15. The van der Waals surface area contributed by atoms with Crippen LogP contribution in [0.2, 0.25) is 0 Å². The number of nitrogens with one attached hydrogen (secondary N) is 3. The highest BCUT2D eigenvalue weighted by atomic mass is 16.2. The Morgan fingerprint density at radius 1 is 1.07 bits per heavy atom. The molecule has 0 spiro atoms. The van der Waals surface area contributed by atoms with Crippen molar-refractivity contribution in [3.8, 4) is 11.1 Å². The van der Waals surface area contributed by atoms with E-state index in [-0.39, 0.29) is 11.8 Å². The van der Waals surface area contributed by atoms with Crippen molar-refractivity contribution in [3.05, 3.63) is 66.5 Å². The van der Waals surface area contributed by atoms with Crippen molar-refractivity contribution in [2.24, 2.45) is 0 Å². The molecule has 4 aromatic rings. The zero-order valence-corrected chi connectivity index (χ0v) is 16.4. The first-order chi connectivity index (χ1) is 14.7. The minimum Gasteiger partial charge on any atom is -0.354 e. The van der Waals surface area contributed by atoms with Crippen LogP contribution in [0.3, 0.4) is 0 Å². The van der Waals surface area contributed by atoms with Gasteiger partial charge in [-0.2, -0.15) is 0 Å². The van der Waals surface area contributed by atoms with Gasteiger partial charge in [-0.05, 0) is 59.9 Å². The number of aromatic amines is 1. The van der Waals surface area contributed by atoms with Gasteiger partial charge in [-0.1, -0.05) is 24.3 Å². The number of hydrogen-bond donors (Lipinski definition) is 3. The maximum atomic E-state index is 12.8. The van der Waals surface area contributed by atoms with Crippen LogP contribution in [0.15, 0.2) is 60.9 Å². The van der Waals surface area contributed by atoms with Gasteiger partial charge in [-0.15, -0.1) is 0 Å². The molecule has 1 aliphatic heterocycles. The molecule has 150 valence electrons. The Morgan fingerprint density at radius 2 is 2.00 bits per heavy atom. The van der Waals surface area contributed by atoms with Crippen molar-refractivity contribution < 1.29 is 9.59 Å². The summed E-state index contributed by atoms with van der Waals surface area (Å²) in [5.41, 5.74) is 3.51. The summed E-state index contributed by atoms with van der Waals surface area (Å²) >= 11 is 0. The van der Waals surface area contributed by atoms with Gasteiger partial charge in [0.15, 0.2) is 0 Å². The summed E-state index contributed by atoms with van der Waals surface area (Å²) in [4.78, 5) is 32.5. The highest BCUT2D eigenvalue weighted by molar-refractivity contribution is 6.04. The number of hydrogen-bond acceptors (Lipinski definition) is 3. The number of pyridine rings is 1. The second-order valence-electron chi connectivity index (χ2n) is 7.69. The number of carbonyl (C=O) groups is 2. The fourth-order valence-corrected chi connectivity index (χ4v) is 4.08. The van der Waals surface area contributed by atoms with E-state index in [1.54, 1.807) is 0 Å². The molecule has 0 aliphatic carbocycles. The minimum absolute atomic E-state index is 0.100. The lowest BCUT2D eigenvalue weighted by molar-refractivity contribution is -0.122. The third kappa shape index (κ3) is 3.41. The number of nitrogens with zero attached hydrogens (tertiary/aromatic N) is 1. The van der Waals surface area contributed by atoms with E-state index >= 15 is 0 Å². The Hall–Kier alpha value is -3.67. The number of H-pyrrole nitrogens is 1. The van der Waals surface area contributed by atoms with Crippen molar-refractivity contribution >= 4 is 33.6 Å². The molecule has 2 amide bonds. The number of aromatic nitrogens is 2. The maximum absolute atomic E-state index is 12.8. The molecule has 0 radical (unpaired) electrons.